The van der Waals surface area contributed by atoms with Gasteiger partial charge in [0.2, 0.25) is 5.91 Å². The van der Waals surface area contributed by atoms with Crippen molar-refractivity contribution in [3.63, 3.8) is 0 Å². The van der Waals surface area contributed by atoms with Crippen LogP contribution in [0.3, 0.4) is 0 Å². The highest BCUT2D eigenvalue weighted by atomic mass is 16.5. The van der Waals surface area contributed by atoms with Gasteiger partial charge >= 0.3 is 5.97 Å². The van der Waals surface area contributed by atoms with Crippen LogP contribution in [0, 0.1) is 5.41 Å². The van der Waals surface area contributed by atoms with E-state index >= 15 is 0 Å². The van der Waals surface area contributed by atoms with Crippen LogP contribution < -0.4 is 5.73 Å². The largest absolute Gasteiger partial charge is 0.460 e. The third kappa shape index (κ3) is 6.37. The van der Waals surface area contributed by atoms with Crippen LogP contribution in [0.15, 0.2) is 0 Å². The van der Waals surface area contributed by atoms with Crippen molar-refractivity contribution in [1.29, 1.82) is 0 Å². The van der Waals surface area contributed by atoms with E-state index in [9.17, 15) is 9.59 Å². The van der Waals surface area contributed by atoms with Crippen molar-refractivity contribution < 1.29 is 14.3 Å². The molecule has 0 radical (unpaired) electrons. The van der Waals surface area contributed by atoms with Crippen LogP contribution in [-0.2, 0) is 14.3 Å². The average Bonchev–Trinajstić information content (AvgIpc) is 2.75. The van der Waals surface area contributed by atoms with Crippen molar-refractivity contribution in [2.75, 3.05) is 19.6 Å². The number of nitrogens with zero attached hydrogens (tertiary/aromatic N) is 1. The Hall–Kier alpha value is -1.10. The molecule has 1 saturated heterocycles. The molecule has 5 heteroatoms. The Labute approximate surface area is 121 Å². The summed E-state index contributed by atoms with van der Waals surface area (Å²) in [6.45, 7) is 7.99. The van der Waals surface area contributed by atoms with Gasteiger partial charge in [0.25, 0.3) is 0 Å². The normalized spacial score (nSPS) is 19.2. The van der Waals surface area contributed by atoms with Gasteiger partial charge in [0.05, 0.1) is 6.54 Å². The molecule has 20 heavy (non-hydrogen) atoms. The summed E-state index contributed by atoms with van der Waals surface area (Å²) in [6.07, 6.45) is 3.18. The molecule has 1 aliphatic rings. The first-order valence-electron chi connectivity index (χ1n) is 7.49. The number of carbonyl (C=O) groups excluding carboxylic acids is 2. The number of esters is 1. The molecule has 0 spiro atoms. The molecule has 116 valence electrons. The molecule has 1 aliphatic heterocycles. The molecule has 0 aromatic rings. The maximum absolute atomic E-state index is 12.1. The Morgan fingerprint density at radius 2 is 2.00 bits per heavy atom. The number of likely N-dealkylation sites (tertiary alicyclic amines) is 1. The summed E-state index contributed by atoms with van der Waals surface area (Å²) in [7, 11) is 0. The predicted molar refractivity (Wildman–Crippen MR) is 78.1 cm³/mol. The van der Waals surface area contributed by atoms with Crippen LogP contribution in [0.5, 0.6) is 0 Å². The Morgan fingerprint density at radius 1 is 1.30 bits per heavy atom. The highest BCUT2D eigenvalue weighted by Gasteiger charge is 2.30. The van der Waals surface area contributed by atoms with E-state index < -0.39 is 0 Å². The molecule has 0 bridgehead atoms. The molecule has 0 unspecified atom stereocenters. The summed E-state index contributed by atoms with van der Waals surface area (Å²) >= 11 is 0. The zero-order chi connectivity index (χ0) is 15.2. The minimum absolute atomic E-state index is 0.00588. The predicted octanol–water partition coefficient (Wildman–Crippen LogP) is 1.70. The van der Waals surface area contributed by atoms with Crippen LogP contribution in [0.25, 0.3) is 0 Å². The van der Waals surface area contributed by atoms with E-state index in [1.807, 2.05) is 4.90 Å². The first kappa shape index (κ1) is 17.0. The molecule has 1 amide bonds. The summed E-state index contributed by atoms with van der Waals surface area (Å²) in [5.74, 6) is -0.0206. The molecule has 0 aliphatic carbocycles. The number of hydrogen-bond donors (Lipinski definition) is 1. The van der Waals surface area contributed by atoms with Crippen molar-refractivity contribution in [1.82, 2.24) is 4.90 Å². The first-order chi connectivity index (χ1) is 9.31. The molecule has 0 aromatic heterocycles. The van der Waals surface area contributed by atoms with Crippen LogP contribution in [0.2, 0.25) is 0 Å². The molecule has 1 fully saturated rings. The molecule has 2 N–H and O–H groups in total. The van der Waals surface area contributed by atoms with Gasteiger partial charge in [0, 0.05) is 25.8 Å². The molecule has 0 aromatic carbocycles. The topological polar surface area (TPSA) is 72.6 Å². The Kier molecular flexibility index (Phi) is 6.46. The van der Waals surface area contributed by atoms with Crippen LogP contribution in [0.4, 0.5) is 0 Å². The second-order valence-electron chi connectivity index (χ2n) is 6.72. The fourth-order valence-corrected chi connectivity index (χ4v) is 2.27. The second kappa shape index (κ2) is 7.62. The first-order valence-corrected chi connectivity index (χ1v) is 7.49. The highest BCUT2D eigenvalue weighted by Crippen LogP contribution is 2.22. The molecular formula is C15H28N2O3. The van der Waals surface area contributed by atoms with Crippen molar-refractivity contribution >= 4 is 11.9 Å². The van der Waals surface area contributed by atoms with E-state index in [2.05, 4.69) is 20.8 Å². The summed E-state index contributed by atoms with van der Waals surface area (Å²) in [5, 5.41) is 0. The van der Waals surface area contributed by atoms with Crippen molar-refractivity contribution in [3.05, 3.63) is 0 Å². The summed E-state index contributed by atoms with van der Waals surface area (Å²) in [6, 6.07) is 0. The molecule has 1 heterocycles. The molecule has 5 nitrogen and oxygen atoms in total. The van der Waals surface area contributed by atoms with Crippen molar-refractivity contribution in [3.8, 4) is 0 Å². The SMILES string of the molecule is CC(C)(C)CC(=O)N1CC[C@@H](OC(=O)CCCCN)C1. The number of amides is 1. The number of nitrogens with two attached hydrogens (primary N) is 1. The van der Waals surface area contributed by atoms with Gasteiger partial charge in [-0.25, -0.2) is 0 Å². The van der Waals surface area contributed by atoms with Crippen LogP contribution >= 0.6 is 0 Å². The Morgan fingerprint density at radius 3 is 2.60 bits per heavy atom. The van der Waals surface area contributed by atoms with E-state index in [1.54, 1.807) is 0 Å². The smallest absolute Gasteiger partial charge is 0.306 e. The number of rotatable bonds is 6. The fraction of sp³-hybridized carbons (Fsp3) is 0.867. The van der Waals surface area contributed by atoms with Crippen LogP contribution in [0.1, 0.15) is 52.9 Å². The number of ether oxygens (including phenoxy) is 1. The molecule has 0 saturated carbocycles. The lowest BCUT2D eigenvalue weighted by Crippen LogP contribution is -2.33. The maximum atomic E-state index is 12.1. The van der Waals surface area contributed by atoms with Gasteiger partial charge in [0.15, 0.2) is 0 Å². The number of hydrogen-bond acceptors (Lipinski definition) is 4. The molecule has 1 rings (SSSR count). The minimum Gasteiger partial charge on any atom is -0.460 e. The zero-order valence-electron chi connectivity index (χ0n) is 13.0. The van der Waals surface area contributed by atoms with E-state index in [-0.39, 0.29) is 23.4 Å². The lowest BCUT2D eigenvalue weighted by atomic mass is 9.92. The zero-order valence-corrected chi connectivity index (χ0v) is 13.0. The standard InChI is InChI=1S/C15H28N2O3/c1-15(2,3)10-13(18)17-9-7-12(11-17)20-14(19)6-4-5-8-16/h12H,4-11,16H2,1-3H3/t12-/m1/s1. The minimum atomic E-state index is -0.173. The van der Waals surface area contributed by atoms with E-state index in [0.29, 0.717) is 32.5 Å². The fourth-order valence-electron chi connectivity index (χ4n) is 2.27. The van der Waals surface area contributed by atoms with Gasteiger partial charge in [-0.2, -0.15) is 0 Å². The third-order valence-electron chi connectivity index (χ3n) is 3.31. The number of unbranched alkanes of at least 4 members (excludes halogenated alkanes) is 1. The Bertz CT molecular complexity index is 337. The van der Waals surface area contributed by atoms with Gasteiger partial charge in [-0.3, -0.25) is 9.59 Å². The average molecular weight is 284 g/mol. The van der Waals surface area contributed by atoms with Gasteiger partial charge in [-0.05, 0) is 24.8 Å². The van der Waals surface area contributed by atoms with Gasteiger partial charge in [0.1, 0.15) is 6.10 Å². The second-order valence-corrected chi connectivity index (χ2v) is 6.72. The van der Waals surface area contributed by atoms with Crippen molar-refractivity contribution in [2.24, 2.45) is 11.1 Å². The maximum Gasteiger partial charge on any atom is 0.306 e. The lowest BCUT2D eigenvalue weighted by molar-refractivity contribution is -0.149. The van der Waals surface area contributed by atoms with E-state index in [1.165, 1.54) is 0 Å². The summed E-state index contributed by atoms with van der Waals surface area (Å²) < 4.78 is 5.39. The third-order valence-corrected chi connectivity index (χ3v) is 3.31. The van der Waals surface area contributed by atoms with Crippen LogP contribution in [-0.4, -0.2) is 42.5 Å². The highest BCUT2D eigenvalue weighted by molar-refractivity contribution is 5.77. The van der Waals surface area contributed by atoms with Gasteiger partial charge in [-0.15, -0.1) is 0 Å². The Balaban J connectivity index is 2.29. The molecule has 1 atom stereocenters. The van der Waals surface area contributed by atoms with Gasteiger partial charge in [-0.1, -0.05) is 20.8 Å². The molecular weight excluding hydrogens is 256 g/mol. The van der Waals surface area contributed by atoms with Crippen molar-refractivity contribution in [2.45, 2.75) is 59.0 Å². The summed E-state index contributed by atoms with van der Waals surface area (Å²) in [4.78, 5) is 25.5. The lowest BCUT2D eigenvalue weighted by Gasteiger charge is -2.22. The quantitative estimate of drug-likeness (QED) is 0.595. The number of carbonyl (C=O) groups is 2. The van der Waals surface area contributed by atoms with E-state index in [0.717, 1.165) is 19.3 Å². The monoisotopic (exact) mass is 284 g/mol. The summed E-state index contributed by atoms with van der Waals surface area (Å²) in [5.41, 5.74) is 5.38. The van der Waals surface area contributed by atoms with Gasteiger partial charge < -0.3 is 15.4 Å². The van der Waals surface area contributed by atoms with E-state index in [4.69, 9.17) is 10.5 Å².